The van der Waals surface area contributed by atoms with E-state index in [9.17, 15) is 4.79 Å². The molecule has 5 rings (SSSR count). The zero-order chi connectivity index (χ0) is 26.2. The second-order valence-corrected chi connectivity index (χ2v) is 10.2. The van der Waals surface area contributed by atoms with E-state index in [0.29, 0.717) is 40.3 Å². The Morgan fingerprint density at radius 1 is 1.00 bits per heavy atom. The van der Waals surface area contributed by atoms with E-state index in [0.717, 1.165) is 28.6 Å². The van der Waals surface area contributed by atoms with Crippen LogP contribution in [0.4, 0.5) is 16.2 Å². The van der Waals surface area contributed by atoms with Crippen molar-refractivity contribution in [2.75, 3.05) is 31.0 Å². The Balaban J connectivity index is 1.46. The van der Waals surface area contributed by atoms with E-state index in [1.807, 2.05) is 48.5 Å². The third-order valence-electron chi connectivity index (χ3n) is 6.35. The first kappa shape index (κ1) is 24.7. The lowest BCUT2D eigenvalue weighted by Crippen LogP contribution is -2.45. The van der Waals surface area contributed by atoms with Crippen LogP contribution in [0.1, 0.15) is 19.4 Å². The lowest BCUT2D eigenvalue weighted by atomic mass is 9.81. The number of hydrogen-bond donors (Lipinski definition) is 1. The largest absolute Gasteiger partial charge is 0.493 e. The Bertz CT molecular complexity index is 1490. The summed E-state index contributed by atoms with van der Waals surface area (Å²) in [4.78, 5) is 19.5. The smallest absolute Gasteiger partial charge is 0.326 e. The van der Waals surface area contributed by atoms with Crippen LogP contribution in [0.5, 0.6) is 23.0 Å². The number of pyridine rings is 1. The molecule has 2 heterocycles. The number of carbonyl (C=O) groups excluding carboxylic acids is 1. The molecule has 0 saturated heterocycles. The molecule has 3 aromatic carbocycles. The molecule has 0 fully saturated rings. The number of nitrogens with zero attached hydrogens (tertiary/aromatic N) is 2. The molecular formula is C29H28ClN3O4. The van der Waals surface area contributed by atoms with Gasteiger partial charge in [0.2, 0.25) is 0 Å². The first-order valence-electron chi connectivity index (χ1n) is 11.9. The van der Waals surface area contributed by atoms with Gasteiger partial charge in [0, 0.05) is 40.6 Å². The second kappa shape index (κ2) is 9.82. The van der Waals surface area contributed by atoms with Gasteiger partial charge >= 0.3 is 6.03 Å². The molecule has 0 unspecified atom stereocenters. The average molecular weight is 518 g/mol. The maximum absolute atomic E-state index is 13.3. The van der Waals surface area contributed by atoms with Crippen LogP contribution >= 0.6 is 11.6 Å². The Labute approximate surface area is 220 Å². The van der Waals surface area contributed by atoms with Crippen LogP contribution in [-0.2, 0) is 6.42 Å². The maximum atomic E-state index is 13.3. The number of aromatic nitrogens is 1. The van der Waals surface area contributed by atoms with E-state index >= 15 is 0 Å². The van der Waals surface area contributed by atoms with Crippen molar-refractivity contribution in [2.45, 2.75) is 20.3 Å². The highest BCUT2D eigenvalue weighted by Gasteiger charge is 2.34. The standard InChI is InChI=1S/C29H28ClN3O4/c1-29(2)16-18-12-21(37-25-10-11-31-23-15-27(36-4)26(35-3)14-22(23)25)8-9-24(18)33(17-29)28(34)32-20-7-5-6-19(30)13-20/h5-15H,16-17H2,1-4H3,(H,32,34). The number of ether oxygens (including phenoxy) is 3. The summed E-state index contributed by atoms with van der Waals surface area (Å²) in [5, 5.41) is 4.34. The third kappa shape index (κ3) is 5.13. The molecule has 0 saturated carbocycles. The van der Waals surface area contributed by atoms with Crippen molar-refractivity contribution in [2.24, 2.45) is 5.41 Å². The number of halogens is 1. The molecule has 2 amide bonds. The molecule has 1 aromatic heterocycles. The van der Waals surface area contributed by atoms with Crippen LogP contribution in [0.3, 0.4) is 0 Å². The van der Waals surface area contributed by atoms with Crippen molar-refractivity contribution < 1.29 is 19.0 Å². The number of hydrogen-bond acceptors (Lipinski definition) is 5. The minimum absolute atomic E-state index is 0.120. The number of anilines is 2. The van der Waals surface area contributed by atoms with Gasteiger partial charge in [-0.05, 0) is 65.9 Å². The fourth-order valence-corrected chi connectivity index (χ4v) is 4.91. The van der Waals surface area contributed by atoms with Gasteiger partial charge < -0.3 is 19.5 Å². The quantitative estimate of drug-likeness (QED) is 0.300. The number of carbonyl (C=O) groups is 1. The number of urea groups is 1. The van der Waals surface area contributed by atoms with Crippen LogP contribution in [0.15, 0.2) is 66.9 Å². The van der Waals surface area contributed by atoms with Gasteiger partial charge in [-0.2, -0.15) is 0 Å². The van der Waals surface area contributed by atoms with E-state index in [-0.39, 0.29) is 11.4 Å². The predicted molar refractivity (Wildman–Crippen MR) is 147 cm³/mol. The zero-order valence-electron chi connectivity index (χ0n) is 21.2. The summed E-state index contributed by atoms with van der Waals surface area (Å²) in [6.07, 6.45) is 2.51. The first-order chi connectivity index (χ1) is 17.8. The highest BCUT2D eigenvalue weighted by atomic mass is 35.5. The summed E-state index contributed by atoms with van der Waals surface area (Å²) < 4.78 is 17.2. The van der Waals surface area contributed by atoms with E-state index in [2.05, 4.69) is 24.1 Å². The number of fused-ring (bicyclic) bond motifs is 2. The highest BCUT2D eigenvalue weighted by Crippen LogP contribution is 2.41. The molecule has 1 aliphatic rings. The lowest BCUT2D eigenvalue weighted by molar-refractivity contribution is 0.250. The molecule has 37 heavy (non-hydrogen) atoms. The van der Waals surface area contributed by atoms with Crippen molar-refractivity contribution in [3.63, 3.8) is 0 Å². The SMILES string of the molecule is COc1cc2nccc(Oc3ccc4c(c3)CC(C)(C)CN4C(=O)Nc3cccc(Cl)c3)c2cc1OC. The summed E-state index contributed by atoms with van der Waals surface area (Å²) >= 11 is 6.10. The summed E-state index contributed by atoms with van der Waals surface area (Å²) in [5.74, 6) is 2.53. The van der Waals surface area contributed by atoms with Gasteiger partial charge in [-0.3, -0.25) is 9.88 Å². The zero-order valence-corrected chi connectivity index (χ0v) is 21.9. The monoisotopic (exact) mass is 517 g/mol. The molecule has 0 radical (unpaired) electrons. The number of amides is 2. The Kier molecular flexibility index (Phi) is 6.56. The van der Waals surface area contributed by atoms with Crippen molar-refractivity contribution in [3.05, 3.63) is 77.4 Å². The molecule has 0 bridgehead atoms. The van der Waals surface area contributed by atoms with Crippen molar-refractivity contribution >= 4 is 39.9 Å². The lowest BCUT2D eigenvalue weighted by Gasteiger charge is -2.39. The Morgan fingerprint density at radius 2 is 1.78 bits per heavy atom. The van der Waals surface area contributed by atoms with Crippen molar-refractivity contribution in [1.82, 2.24) is 4.98 Å². The van der Waals surface area contributed by atoms with Crippen LogP contribution in [-0.4, -0.2) is 31.8 Å². The minimum Gasteiger partial charge on any atom is -0.493 e. The molecule has 0 spiro atoms. The predicted octanol–water partition coefficient (Wildman–Crippen LogP) is 7.32. The number of benzene rings is 3. The topological polar surface area (TPSA) is 72.9 Å². The maximum Gasteiger partial charge on any atom is 0.326 e. The van der Waals surface area contributed by atoms with Crippen LogP contribution in [0.2, 0.25) is 5.02 Å². The molecule has 1 N–H and O–H groups in total. The third-order valence-corrected chi connectivity index (χ3v) is 6.59. The first-order valence-corrected chi connectivity index (χ1v) is 12.3. The molecular weight excluding hydrogens is 490 g/mol. The van der Waals surface area contributed by atoms with Gasteiger partial charge in [0.15, 0.2) is 11.5 Å². The average Bonchev–Trinajstić information content (AvgIpc) is 2.87. The molecule has 4 aromatic rings. The van der Waals surface area contributed by atoms with Gasteiger partial charge in [0.1, 0.15) is 11.5 Å². The summed E-state index contributed by atoms with van der Waals surface area (Å²) in [6, 6.07) is 18.3. The van der Waals surface area contributed by atoms with Gasteiger partial charge in [-0.15, -0.1) is 0 Å². The molecule has 8 heteroatoms. The summed E-state index contributed by atoms with van der Waals surface area (Å²) in [7, 11) is 3.19. The minimum atomic E-state index is -0.203. The Hall–Kier alpha value is -3.97. The van der Waals surface area contributed by atoms with Gasteiger partial charge in [0.25, 0.3) is 0 Å². The number of methoxy groups -OCH3 is 2. The van der Waals surface area contributed by atoms with Crippen molar-refractivity contribution in [3.8, 4) is 23.0 Å². The van der Waals surface area contributed by atoms with Crippen molar-refractivity contribution in [1.29, 1.82) is 0 Å². The van der Waals surface area contributed by atoms with E-state index in [4.69, 9.17) is 25.8 Å². The fraction of sp³-hybridized carbons (Fsp3) is 0.241. The van der Waals surface area contributed by atoms with Gasteiger partial charge in [-0.25, -0.2) is 4.79 Å². The summed E-state index contributed by atoms with van der Waals surface area (Å²) in [5.41, 5.74) is 3.16. The molecule has 190 valence electrons. The van der Waals surface area contributed by atoms with Gasteiger partial charge in [-0.1, -0.05) is 31.5 Å². The summed E-state index contributed by atoms with van der Waals surface area (Å²) in [6.45, 7) is 4.89. The van der Waals surface area contributed by atoms with Gasteiger partial charge in [0.05, 0.1) is 19.7 Å². The van der Waals surface area contributed by atoms with E-state index in [1.54, 1.807) is 37.4 Å². The Morgan fingerprint density at radius 3 is 2.54 bits per heavy atom. The molecule has 0 atom stereocenters. The van der Waals surface area contributed by atoms with Crippen LogP contribution in [0, 0.1) is 5.41 Å². The highest BCUT2D eigenvalue weighted by molar-refractivity contribution is 6.30. The molecule has 1 aliphatic heterocycles. The van der Waals surface area contributed by atoms with Crippen LogP contribution in [0.25, 0.3) is 10.9 Å². The second-order valence-electron chi connectivity index (χ2n) is 9.79. The normalized spacial score (nSPS) is 14.1. The van der Waals surface area contributed by atoms with E-state index < -0.39 is 0 Å². The fourth-order valence-electron chi connectivity index (χ4n) is 4.72. The molecule has 7 nitrogen and oxygen atoms in total. The number of rotatable bonds is 5. The number of nitrogens with one attached hydrogen (secondary N) is 1. The van der Waals surface area contributed by atoms with E-state index in [1.165, 1.54) is 0 Å². The van der Waals surface area contributed by atoms with Crippen LogP contribution < -0.4 is 24.4 Å². The molecule has 0 aliphatic carbocycles.